The smallest absolute Gasteiger partial charge is 0.322 e. The van der Waals surface area contributed by atoms with Crippen LogP contribution in [0.3, 0.4) is 0 Å². The zero-order valence-electron chi connectivity index (χ0n) is 8.45. The molecular formula is C7H10N4O5S. The van der Waals surface area contributed by atoms with Crippen molar-refractivity contribution in [3.8, 4) is 0 Å². The van der Waals surface area contributed by atoms with Gasteiger partial charge >= 0.3 is 5.97 Å². The van der Waals surface area contributed by atoms with Crippen LogP contribution in [-0.4, -0.2) is 41.6 Å². The van der Waals surface area contributed by atoms with Crippen molar-refractivity contribution >= 4 is 21.9 Å². The molecule has 0 saturated carbocycles. The number of nitrogens with two attached hydrogens (primary N) is 1. The molecule has 0 spiro atoms. The van der Waals surface area contributed by atoms with Crippen LogP contribution >= 0.6 is 0 Å². The Labute approximate surface area is 96.1 Å². The Balaban J connectivity index is 2.87. The topological polar surface area (TPSA) is 155 Å². The third kappa shape index (κ3) is 3.53. The van der Waals surface area contributed by atoms with Crippen molar-refractivity contribution in [2.75, 3.05) is 0 Å². The summed E-state index contributed by atoms with van der Waals surface area (Å²) < 4.78 is 25.0. The standard InChI is InChI=1S/C7H10N4O5S/c8-5(12)3-4(7(13)14)11-17(15,16)6-1-2-9-10-6/h1-2,4,11H,3H2,(H2,8,12)(H,9,10)(H,13,14)/t4-/m0/s1. The van der Waals surface area contributed by atoms with Crippen LogP contribution in [0.15, 0.2) is 17.3 Å². The molecule has 5 N–H and O–H groups in total. The number of hydrogen-bond acceptors (Lipinski definition) is 5. The number of aliphatic carboxylic acids is 1. The summed E-state index contributed by atoms with van der Waals surface area (Å²) in [4.78, 5) is 21.3. The average molecular weight is 262 g/mol. The first-order valence-corrected chi connectivity index (χ1v) is 5.84. The van der Waals surface area contributed by atoms with E-state index in [4.69, 9.17) is 10.8 Å². The molecule has 1 atom stereocenters. The van der Waals surface area contributed by atoms with Gasteiger partial charge in [-0.3, -0.25) is 14.7 Å². The molecule has 0 aliphatic heterocycles. The molecule has 0 aliphatic carbocycles. The van der Waals surface area contributed by atoms with E-state index < -0.39 is 34.4 Å². The second-order valence-corrected chi connectivity index (χ2v) is 4.79. The Kier molecular flexibility index (Phi) is 3.81. The summed E-state index contributed by atoms with van der Waals surface area (Å²) >= 11 is 0. The van der Waals surface area contributed by atoms with Crippen LogP contribution in [0.2, 0.25) is 0 Å². The Morgan fingerprint density at radius 3 is 2.65 bits per heavy atom. The van der Waals surface area contributed by atoms with Gasteiger partial charge in [0.1, 0.15) is 6.04 Å². The van der Waals surface area contributed by atoms with Gasteiger partial charge in [-0.1, -0.05) is 0 Å². The molecule has 94 valence electrons. The molecule has 10 heteroatoms. The number of carboxylic acids is 1. The number of carboxylic acid groups (broad SMARTS) is 1. The molecule has 0 fully saturated rings. The molecule has 1 rings (SSSR count). The molecule has 9 nitrogen and oxygen atoms in total. The lowest BCUT2D eigenvalue weighted by atomic mass is 10.2. The molecular weight excluding hydrogens is 252 g/mol. The SMILES string of the molecule is NC(=O)C[C@H](NS(=O)(=O)c1ccn[nH]1)C(=O)O. The molecule has 0 saturated heterocycles. The van der Waals surface area contributed by atoms with Crippen molar-refractivity contribution < 1.29 is 23.1 Å². The average Bonchev–Trinajstić information content (AvgIpc) is 2.68. The van der Waals surface area contributed by atoms with Crippen LogP contribution in [0.1, 0.15) is 6.42 Å². The highest BCUT2D eigenvalue weighted by Gasteiger charge is 2.27. The largest absolute Gasteiger partial charge is 0.480 e. The minimum absolute atomic E-state index is 0.298. The summed E-state index contributed by atoms with van der Waals surface area (Å²) in [7, 11) is -4.06. The zero-order valence-corrected chi connectivity index (χ0v) is 9.27. The first-order chi connectivity index (χ1) is 7.83. The highest BCUT2D eigenvalue weighted by atomic mass is 32.2. The van der Waals surface area contributed by atoms with Crippen molar-refractivity contribution in [1.82, 2.24) is 14.9 Å². The minimum atomic E-state index is -4.06. The predicted molar refractivity (Wildman–Crippen MR) is 54.1 cm³/mol. The number of sulfonamides is 1. The van der Waals surface area contributed by atoms with E-state index in [-0.39, 0.29) is 5.03 Å². The predicted octanol–water partition coefficient (Wildman–Crippen LogP) is -1.98. The summed E-state index contributed by atoms with van der Waals surface area (Å²) in [5.74, 6) is -2.42. The summed E-state index contributed by atoms with van der Waals surface area (Å²) in [5.41, 5.74) is 4.81. The van der Waals surface area contributed by atoms with E-state index in [0.29, 0.717) is 0 Å². The van der Waals surface area contributed by atoms with Crippen molar-refractivity contribution in [3.05, 3.63) is 12.3 Å². The molecule has 0 aromatic carbocycles. The first-order valence-electron chi connectivity index (χ1n) is 4.36. The van der Waals surface area contributed by atoms with Crippen molar-refractivity contribution in [3.63, 3.8) is 0 Å². The normalized spacial score (nSPS) is 13.2. The molecule has 1 aromatic rings. The maximum absolute atomic E-state index is 11.6. The number of nitrogens with zero attached hydrogens (tertiary/aromatic N) is 1. The number of hydrogen-bond donors (Lipinski definition) is 4. The number of amides is 1. The monoisotopic (exact) mass is 262 g/mol. The Morgan fingerprint density at radius 2 is 2.24 bits per heavy atom. The van der Waals surface area contributed by atoms with Crippen molar-refractivity contribution in [1.29, 1.82) is 0 Å². The number of nitrogens with one attached hydrogen (secondary N) is 2. The van der Waals surface area contributed by atoms with E-state index in [0.717, 1.165) is 6.07 Å². The molecule has 0 unspecified atom stereocenters. The molecule has 1 aromatic heterocycles. The number of H-pyrrole nitrogens is 1. The fourth-order valence-corrected chi connectivity index (χ4v) is 2.12. The lowest BCUT2D eigenvalue weighted by molar-refractivity contribution is -0.140. The van der Waals surface area contributed by atoms with Gasteiger partial charge in [-0.05, 0) is 6.07 Å². The zero-order chi connectivity index (χ0) is 13.1. The molecule has 0 aliphatic rings. The Hall–Kier alpha value is -1.94. The fraction of sp³-hybridized carbons (Fsp3) is 0.286. The Bertz CT molecular complexity index is 508. The first kappa shape index (κ1) is 13.1. The number of aromatic nitrogens is 2. The van der Waals surface area contributed by atoms with Crippen LogP contribution in [0.5, 0.6) is 0 Å². The maximum atomic E-state index is 11.6. The number of carbonyl (C=O) groups is 2. The number of primary amides is 1. The Morgan fingerprint density at radius 1 is 1.59 bits per heavy atom. The molecule has 17 heavy (non-hydrogen) atoms. The van der Waals surface area contributed by atoms with E-state index in [9.17, 15) is 18.0 Å². The van der Waals surface area contributed by atoms with Gasteiger partial charge < -0.3 is 10.8 Å². The number of rotatable bonds is 6. The van der Waals surface area contributed by atoms with E-state index in [1.165, 1.54) is 6.20 Å². The summed E-state index contributed by atoms with van der Waals surface area (Å²) in [6.45, 7) is 0. The maximum Gasteiger partial charge on any atom is 0.322 e. The number of aromatic amines is 1. The van der Waals surface area contributed by atoms with Gasteiger partial charge in [0.25, 0.3) is 10.0 Å². The lowest BCUT2D eigenvalue weighted by Crippen LogP contribution is -2.43. The van der Waals surface area contributed by atoms with E-state index in [1.54, 1.807) is 0 Å². The van der Waals surface area contributed by atoms with Crippen LogP contribution in [0.25, 0.3) is 0 Å². The second kappa shape index (κ2) is 4.93. The van der Waals surface area contributed by atoms with E-state index in [1.807, 2.05) is 4.72 Å². The lowest BCUT2D eigenvalue weighted by Gasteiger charge is -2.11. The third-order valence-electron chi connectivity index (χ3n) is 1.77. The quantitative estimate of drug-likeness (QED) is 0.465. The second-order valence-electron chi connectivity index (χ2n) is 3.10. The van der Waals surface area contributed by atoms with Crippen LogP contribution < -0.4 is 10.5 Å². The van der Waals surface area contributed by atoms with Gasteiger partial charge in [-0.25, -0.2) is 8.42 Å². The molecule has 1 amide bonds. The van der Waals surface area contributed by atoms with E-state index >= 15 is 0 Å². The van der Waals surface area contributed by atoms with Gasteiger partial charge in [-0.2, -0.15) is 9.82 Å². The summed E-state index contributed by atoms with van der Waals surface area (Å²) in [6.07, 6.45) is 0.557. The van der Waals surface area contributed by atoms with Crippen LogP contribution in [0, 0.1) is 0 Å². The van der Waals surface area contributed by atoms with E-state index in [2.05, 4.69) is 10.2 Å². The van der Waals surface area contributed by atoms with Crippen molar-refractivity contribution in [2.45, 2.75) is 17.5 Å². The highest BCUT2D eigenvalue weighted by molar-refractivity contribution is 7.89. The third-order valence-corrected chi connectivity index (χ3v) is 3.17. The molecule has 1 heterocycles. The van der Waals surface area contributed by atoms with Gasteiger partial charge in [0.15, 0.2) is 5.03 Å². The van der Waals surface area contributed by atoms with Crippen molar-refractivity contribution in [2.24, 2.45) is 5.73 Å². The van der Waals surface area contributed by atoms with Gasteiger partial charge in [0, 0.05) is 0 Å². The number of carbonyl (C=O) groups excluding carboxylic acids is 1. The van der Waals surface area contributed by atoms with Gasteiger partial charge in [0.05, 0.1) is 12.6 Å². The fourth-order valence-electron chi connectivity index (χ4n) is 1.02. The summed E-state index contributed by atoms with van der Waals surface area (Å²) in [5, 5.41) is 14.0. The highest BCUT2D eigenvalue weighted by Crippen LogP contribution is 2.05. The molecule has 0 radical (unpaired) electrons. The van der Waals surface area contributed by atoms with Gasteiger partial charge in [0.2, 0.25) is 5.91 Å². The summed E-state index contributed by atoms with van der Waals surface area (Å²) in [6, 6.07) is -0.466. The van der Waals surface area contributed by atoms with Crippen LogP contribution in [-0.2, 0) is 19.6 Å². The van der Waals surface area contributed by atoms with Gasteiger partial charge in [-0.15, -0.1) is 0 Å². The van der Waals surface area contributed by atoms with Crippen LogP contribution in [0.4, 0.5) is 0 Å². The minimum Gasteiger partial charge on any atom is -0.480 e. The molecule has 0 bridgehead atoms.